The summed E-state index contributed by atoms with van der Waals surface area (Å²) in [5, 5.41) is 15.5. The molecule has 0 spiro atoms. The molecule has 1 saturated carbocycles. The second-order valence-corrected chi connectivity index (χ2v) is 10.5. The van der Waals surface area contributed by atoms with Crippen molar-refractivity contribution in [3.05, 3.63) is 89.1 Å². The second-order valence-electron chi connectivity index (χ2n) is 10.5. The number of nitrogens with zero attached hydrogens (tertiary/aromatic N) is 4. The number of piperidine rings is 1. The Kier molecular flexibility index (Phi) is 10.2. The minimum atomic E-state index is 0.0986. The molecule has 0 radical (unpaired) electrons. The van der Waals surface area contributed by atoms with Gasteiger partial charge < -0.3 is 14.5 Å². The van der Waals surface area contributed by atoms with Gasteiger partial charge in [-0.25, -0.2) is 4.68 Å². The maximum Gasteiger partial charge on any atom is 0.253 e. The lowest BCUT2D eigenvalue weighted by atomic mass is 10.0. The molecule has 3 heterocycles. The molecular formula is C33H40N4O4. The summed E-state index contributed by atoms with van der Waals surface area (Å²) in [5.74, 6) is 1.37. The predicted molar refractivity (Wildman–Crippen MR) is 160 cm³/mol. The summed E-state index contributed by atoms with van der Waals surface area (Å²) < 4.78 is 7.14. The lowest BCUT2D eigenvalue weighted by molar-refractivity contribution is 0.0724. The highest BCUT2D eigenvalue weighted by Gasteiger charge is 2.45. The lowest BCUT2D eigenvalue weighted by Crippen LogP contribution is -2.35. The van der Waals surface area contributed by atoms with Crippen LogP contribution < -0.4 is 0 Å². The highest BCUT2D eigenvalue weighted by Crippen LogP contribution is 2.56. The second kappa shape index (κ2) is 14.0. The third-order valence-electron chi connectivity index (χ3n) is 7.47. The van der Waals surface area contributed by atoms with E-state index in [0.29, 0.717) is 11.1 Å². The van der Waals surface area contributed by atoms with Crippen molar-refractivity contribution < 1.29 is 19.2 Å². The van der Waals surface area contributed by atoms with Gasteiger partial charge in [-0.3, -0.25) is 9.59 Å². The van der Waals surface area contributed by atoms with Crippen molar-refractivity contribution in [1.82, 2.24) is 19.8 Å². The van der Waals surface area contributed by atoms with Gasteiger partial charge in [-0.15, -0.1) is 0 Å². The van der Waals surface area contributed by atoms with Crippen LogP contribution in [0.2, 0.25) is 0 Å². The molecule has 1 saturated heterocycles. The number of hydrogen-bond donors (Lipinski definition) is 1. The Morgan fingerprint density at radius 3 is 2.34 bits per heavy atom. The summed E-state index contributed by atoms with van der Waals surface area (Å²) in [6.07, 6.45) is 9.81. The fourth-order valence-corrected chi connectivity index (χ4v) is 5.47. The summed E-state index contributed by atoms with van der Waals surface area (Å²) in [6.45, 7) is 7.83. The number of likely N-dealkylation sites (tertiary alicyclic amines) is 1. The van der Waals surface area contributed by atoms with Crippen molar-refractivity contribution in [2.24, 2.45) is 0 Å². The maximum atomic E-state index is 13.1. The van der Waals surface area contributed by atoms with Gasteiger partial charge in [0, 0.05) is 37.2 Å². The number of carbonyl (C=O) groups is 2. The number of aliphatic hydroxyl groups is 1. The van der Waals surface area contributed by atoms with E-state index in [1.807, 2.05) is 59.0 Å². The first-order valence-corrected chi connectivity index (χ1v) is 14.4. The van der Waals surface area contributed by atoms with E-state index in [0.717, 1.165) is 79.6 Å². The Bertz CT molecular complexity index is 1450. The molecule has 6 rings (SSSR count). The van der Waals surface area contributed by atoms with Crippen molar-refractivity contribution in [1.29, 1.82) is 0 Å². The SMILES string of the molecule is CCC.CO.Cc1oncc1C1CC1c1c(C=O)cnn1-c1cccc(-c2cccc(C(=O)N3CCCCC3)c2)c1. The highest BCUT2D eigenvalue weighted by atomic mass is 16.5. The van der Waals surface area contributed by atoms with E-state index in [4.69, 9.17) is 9.63 Å². The molecule has 8 nitrogen and oxygen atoms in total. The van der Waals surface area contributed by atoms with Gasteiger partial charge in [-0.2, -0.15) is 5.10 Å². The number of hydrogen-bond acceptors (Lipinski definition) is 6. The highest BCUT2D eigenvalue weighted by molar-refractivity contribution is 5.95. The van der Waals surface area contributed by atoms with Crippen molar-refractivity contribution in [2.75, 3.05) is 20.2 Å². The predicted octanol–water partition coefficient (Wildman–Crippen LogP) is 6.57. The Hall–Kier alpha value is -4.04. The summed E-state index contributed by atoms with van der Waals surface area (Å²) in [4.78, 5) is 26.9. The fraction of sp³-hybridized carbons (Fsp3) is 0.394. The van der Waals surface area contributed by atoms with E-state index in [1.54, 1.807) is 12.4 Å². The van der Waals surface area contributed by atoms with Crippen molar-refractivity contribution in [3.8, 4) is 16.8 Å². The first-order valence-electron chi connectivity index (χ1n) is 14.4. The summed E-state index contributed by atoms with van der Waals surface area (Å²) in [7, 11) is 1.00. The number of aromatic nitrogens is 3. The van der Waals surface area contributed by atoms with Crippen LogP contribution in [-0.4, -0.2) is 57.3 Å². The zero-order valence-electron chi connectivity index (χ0n) is 24.4. The number of carbonyl (C=O) groups excluding carboxylic acids is 2. The fourth-order valence-electron chi connectivity index (χ4n) is 5.47. The molecular weight excluding hydrogens is 516 g/mol. The van der Waals surface area contributed by atoms with Crippen LogP contribution in [0.25, 0.3) is 16.8 Å². The normalized spacial score (nSPS) is 17.5. The van der Waals surface area contributed by atoms with Gasteiger partial charge >= 0.3 is 0 Å². The maximum absolute atomic E-state index is 13.1. The molecule has 1 amide bonds. The van der Waals surface area contributed by atoms with Crippen LogP contribution in [-0.2, 0) is 0 Å². The van der Waals surface area contributed by atoms with Gasteiger partial charge in [0.05, 0.1) is 29.3 Å². The number of aldehydes is 1. The minimum absolute atomic E-state index is 0.0986. The molecule has 2 fully saturated rings. The number of aryl methyl sites for hydroxylation is 1. The van der Waals surface area contributed by atoms with Crippen LogP contribution in [0.3, 0.4) is 0 Å². The van der Waals surface area contributed by atoms with Crippen LogP contribution in [0, 0.1) is 6.92 Å². The average Bonchev–Trinajstić information content (AvgIpc) is 3.47. The molecule has 2 aliphatic rings. The van der Waals surface area contributed by atoms with E-state index in [9.17, 15) is 9.59 Å². The molecule has 41 heavy (non-hydrogen) atoms. The molecule has 8 heteroatoms. The molecule has 1 aliphatic heterocycles. The van der Waals surface area contributed by atoms with Crippen molar-refractivity contribution in [2.45, 2.75) is 64.7 Å². The van der Waals surface area contributed by atoms with E-state index in [-0.39, 0.29) is 17.7 Å². The van der Waals surface area contributed by atoms with E-state index >= 15 is 0 Å². The smallest absolute Gasteiger partial charge is 0.253 e. The quantitative estimate of drug-likeness (QED) is 0.270. The summed E-state index contributed by atoms with van der Waals surface area (Å²) in [5.41, 5.74) is 6.20. The zero-order valence-corrected chi connectivity index (χ0v) is 24.4. The number of amides is 1. The molecule has 2 aromatic carbocycles. The zero-order chi connectivity index (χ0) is 29.4. The largest absolute Gasteiger partial charge is 0.400 e. The molecule has 2 atom stereocenters. The third kappa shape index (κ3) is 6.65. The van der Waals surface area contributed by atoms with Crippen molar-refractivity contribution >= 4 is 12.2 Å². The van der Waals surface area contributed by atoms with Gasteiger partial charge in [0.25, 0.3) is 5.91 Å². The number of aliphatic hydroxyl groups excluding tert-OH is 1. The lowest BCUT2D eigenvalue weighted by Gasteiger charge is -2.26. The number of benzene rings is 2. The van der Waals surface area contributed by atoms with E-state index < -0.39 is 0 Å². The standard InChI is InChI=1S/C29H28N4O3.C3H8.CH4O/c1-19-27(17-31-36-19)25-15-26(25)28-23(18-34)16-30-33(28)24-10-6-8-21(14-24)20-7-5-9-22(13-20)29(35)32-11-3-2-4-12-32;1-3-2;1-2/h5-10,13-14,16-18,25-26H,2-4,11-12,15H2,1H3;3H2,1-2H3;2H,1H3. The van der Waals surface area contributed by atoms with Crippen molar-refractivity contribution in [3.63, 3.8) is 0 Å². The Morgan fingerprint density at radius 2 is 1.68 bits per heavy atom. The summed E-state index contributed by atoms with van der Waals surface area (Å²) >= 11 is 0. The van der Waals surface area contributed by atoms with Crippen LogP contribution in [0.1, 0.15) is 95.5 Å². The van der Waals surface area contributed by atoms with Gasteiger partial charge in [-0.05, 0) is 73.9 Å². The molecule has 216 valence electrons. The van der Waals surface area contributed by atoms with Gasteiger partial charge in [0.1, 0.15) is 5.76 Å². The van der Waals surface area contributed by atoms with Gasteiger partial charge in [0.15, 0.2) is 6.29 Å². The monoisotopic (exact) mass is 556 g/mol. The average molecular weight is 557 g/mol. The van der Waals surface area contributed by atoms with E-state index in [1.165, 1.54) is 12.8 Å². The van der Waals surface area contributed by atoms with Crippen LogP contribution in [0.5, 0.6) is 0 Å². The van der Waals surface area contributed by atoms with Gasteiger partial charge in [0.2, 0.25) is 0 Å². The van der Waals surface area contributed by atoms with E-state index in [2.05, 4.69) is 30.2 Å². The third-order valence-corrected chi connectivity index (χ3v) is 7.47. The molecule has 2 aromatic heterocycles. The van der Waals surface area contributed by atoms with Crippen LogP contribution in [0.4, 0.5) is 0 Å². The molecule has 2 unspecified atom stereocenters. The van der Waals surface area contributed by atoms with Crippen LogP contribution >= 0.6 is 0 Å². The minimum Gasteiger partial charge on any atom is -0.400 e. The first kappa shape index (κ1) is 29.9. The Morgan fingerprint density at radius 1 is 1.00 bits per heavy atom. The Balaban J connectivity index is 0.000000728. The number of rotatable bonds is 6. The molecule has 4 aromatic rings. The van der Waals surface area contributed by atoms with Gasteiger partial charge in [-0.1, -0.05) is 49.7 Å². The molecule has 1 aliphatic carbocycles. The molecule has 1 N–H and O–H groups in total. The Labute approximate surface area is 242 Å². The summed E-state index contributed by atoms with van der Waals surface area (Å²) in [6, 6.07) is 15.9. The topological polar surface area (TPSA) is 101 Å². The van der Waals surface area contributed by atoms with Crippen LogP contribution in [0.15, 0.2) is 65.4 Å². The first-order chi connectivity index (χ1) is 20.0. The molecule has 0 bridgehead atoms.